The fourth-order valence-electron chi connectivity index (χ4n) is 2.18. The minimum absolute atomic E-state index is 0.223. The van der Waals surface area contributed by atoms with Crippen molar-refractivity contribution >= 4 is 5.97 Å². The molecule has 4 nitrogen and oxygen atoms in total. The molecule has 0 spiro atoms. The molecule has 0 aromatic heterocycles. The standard InChI is InChI=1S/C13H17FN2O2/c1-18-13(17)12-6-3-7-16(12)15-9-10-4-2-5-11(14)8-10/h2,4-5,8,12,15H,3,6-7,9H2,1H3. The molecule has 0 amide bonds. The summed E-state index contributed by atoms with van der Waals surface area (Å²) < 4.78 is 17.8. The lowest BCUT2D eigenvalue weighted by Gasteiger charge is -2.23. The maximum atomic E-state index is 13.0. The molecule has 1 N–H and O–H groups in total. The number of halogens is 1. The van der Waals surface area contributed by atoms with Crippen LogP contribution in [0.25, 0.3) is 0 Å². The van der Waals surface area contributed by atoms with Crippen LogP contribution in [0.15, 0.2) is 24.3 Å². The first-order chi connectivity index (χ1) is 8.70. The second kappa shape index (κ2) is 5.93. The van der Waals surface area contributed by atoms with E-state index in [4.69, 9.17) is 4.74 Å². The van der Waals surface area contributed by atoms with E-state index in [1.165, 1.54) is 19.2 Å². The first kappa shape index (κ1) is 13.0. The third kappa shape index (κ3) is 3.05. The Morgan fingerprint density at radius 2 is 2.44 bits per heavy atom. The van der Waals surface area contributed by atoms with Gasteiger partial charge in [-0.1, -0.05) is 12.1 Å². The van der Waals surface area contributed by atoms with E-state index in [0.717, 1.165) is 24.9 Å². The van der Waals surface area contributed by atoms with Crippen LogP contribution in [0.4, 0.5) is 4.39 Å². The molecule has 2 rings (SSSR count). The van der Waals surface area contributed by atoms with E-state index < -0.39 is 0 Å². The zero-order valence-corrected chi connectivity index (χ0v) is 10.4. The normalized spacial score (nSPS) is 20.0. The zero-order valence-electron chi connectivity index (χ0n) is 10.4. The maximum absolute atomic E-state index is 13.0. The minimum Gasteiger partial charge on any atom is -0.468 e. The van der Waals surface area contributed by atoms with Crippen LogP contribution in [0.1, 0.15) is 18.4 Å². The lowest BCUT2D eigenvalue weighted by Crippen LogP contribution is -2.45. The number of rotatable bonds is 4. The number of hydrogen-bond acceptors (Lipinski definition) is 4. The number of esters is 1. The number of hydrazine groups is 1. The highest BCUT2D eigenvalue weighted by Crippen LogP contribution is 2.16. The fourth-order valence-corrected chi connectivity index (χ4v) is 2.18. The molecule has 1 aliphatic rings. The number of carbonyl (C=O) groups is 1. The summed E-state index contributed by atoms with van der Waals surface area (Å²) in [6.07, 6.45) is 1.75. The molecule has 1 atom stereocenters. The predicted octanol–water partition coefficient (Wildman–Crippen LogP) is 1.47. The third-order valence-corrected chi connectivity index (χ3v) is 3.10. The number of hydrogen-bond donors (Lipinski definition) is 1. The summed E-state index contributed by atoms with van der Waals surface area (Å²) in [5.74, 6) is -0.473. The topological polar surface area (TPSA) is 41.6 Å². The Labute approximate surface area is 106 Å². The number of nitrogens with zero attached hydrogens (tertiary/aromatic N) is 1. The maximum Gasteiger partial charge on any atom is 0.324 e. The van der Waals surface area contributed by atoms with E-state index in [9.17, 15) is 9.18 Å². The average molecular weight is 252 g/mol. The Kier molecular flexibility index (Phi) is 4.28. The first-order valence-corrected chi connectivity index (χ1v) is 6.03. The van der Waals surface area contributed by atoms with Crippen LogP contribution >= 0.6 is 0 Å². The molecule has 1 unspecified atom stereocenters. The molecule has 0 radical (unpaired) electrons. The second-order valence-electron chi connectivity index (χ2n) is 4.34. The van der Waals surface area contributed by atoms with Crippen molar-refractivity contribution in [2.75, 3.05) is 13.7 Å². The summed E-state index contributed by atoms with van der Waals surface area (Å²) >= 11 is 0. The van der Waals surface area contributed by atoms with Gasteiger partial charge in [0.25, 0.3) is 0 Å². The SMILES string of the molecule is COC(=O)C1CCCN1NCc1cccc(F)c1. The quantitative estimate of drug-likeness (QED) is 0.824. The van der Waals surface area contributed by atoms with Crippen LogP contribution in [0.3, 0.4) is 0 Å². The van der Waals surface area contributed by atoms with Gasteiger partial charge in [-0.25, -0.2) is 14.8 Å². The van der Waals surface area contributed by atoms with Crippen LogP contribution in [-0.2, 0) is 16.1 Å². The Bertz CT molecular complexity index is 425. The van der Waals surface area contributed by atoms with Gasteiger partial charge in [-0.15, -0.1) is 0 Å². The molecule has 0 aliphatic carbocycles. The van der Waals surface area contributed by atoms with Crippen molar-refractivity contribution < 1.29 is 13.9 Å². The third-order valence-electron chi connectivity index (χ3n) is 3.10. The molecule has 5 heteroatoms. The summed E-state index contributed by atoms with van der Waals surface area (Å²) in [7, 11) is 1.39. The van der Waals surface area contributed by atoms with Gasteiger partial charge in [0.1, 0.15) is 11.9 Å². The van der Waals surface area contributed by atoms with Crippen molar-refractivity contribution in [3.05, 3.63) is 35.6 Å². The van der Waals surface area contributed by atoms with Gasteiger partial charge < -0.3 is 4.74 Å². The summed E-state index contributed by atoms with van der Waals surface area (Å²) in [6.45, 7) is 1.31. The largest absolute Gasteiger partial charge is 0.468 e. The van der Waals surface area contributed by atoms with E-state index in [2.05, 4.69) is 5.43 Å². The summed E-state index contributed by atoms with van der Waals surface area (Å²) in [5, 5.41) is 1.87. The van der Waals surface area contributed by atoms with E-state index in [-0.39, 0.29) is 17.8 Å². The molecule has 1 aliphatic heterocycles. The minimum atomic E-state index is -0.250. The molecule has 0 saturated carbocycles. The Morgan fingerprint density at radius 1 is 1.61 bits per heavy atom. The fraction of sp³-hybridized carbons (Fsp3) is 0.462. The van der Waals surface area contributed by atoms with Gasteiger partial charge in [0, 0.05) is 13.1 Å². The summed E-state index contributed by atoms with van der Waals surface area (Å²) in [5.41, 5.74) is 4.01. The van der Waals surface area contributed by atoms with Crippen LogP contribution < -0.4 is 5.43 Å². The lowest BCUT2D eigenvalue weighted by atomic mass is 10.2. The van der Waals surface area contributed by atoms with Gasteiger partial charge in [0.2, 0.25) is 0 Å². The van der Waals surface area contributed by atoms with Crippen LogP contribution in [0.2, 0.25) is 0 Å². The van der Waals surface area contributed by atoms with E-state index in [1.54, 1.807) is 6.07 Å². The Hall–Kier alpha value is -1.46. The van der Waals surface area contributed by atoms with Crippen molar-refractivity contribution in [3.63, 3.8) is 0 Å². The Morgan fingerprint density at radius 3 is 3.17 bits per heavy atom. The van der Waals surface area contributed by atoms with Crippen molar-refractivity contribution in [3.8, 4) is 0 Å². The van der Waals surface area contributed by atoms with Crippen molar-refractivity contribution in [1.82, 2.24) is 10.4 Å². The highest BCUT2D eigenvalue weighted by atomic mass is 19.1. The number of nitrogens with one attached hydrogen (secondary N) is 1. The van der Waals surface area contributed by atoms with Crippen molar-refractivity contribution in [2.24, 2.45) is 0 Å². The summed E-state index contributed by atoms with van der Waals surface area (Å²) in [4.78, 5) is 11.5. The van der Waals surface area contributed by atoms with Gasteiger partial charge >= 0.3 is 5.97 Å². The second-order valence-corrected chi connectivity index (χ2v) is 4.34. The molecule has 0 bridgehead atoms. The molecular formula is C13H17FN2O2. The molecular weight excluding hydrogens is 235 g/mol. The first-order valence-electron chi connectivity index (χ1n) is 6.03. The van der Waals surface area contributed by atoms with Crippen molar-refractivity contribution in [1.29, 1.82) is 0 Å². The van der Waals surface area contributed by atoms with Gasteiger partial charge in [-0.05, 0) is 30.5 Å². The van der Waals surface area contributed by atoms with E-state index in [0.29, 0.717) is 6.54 Å². The van der Waals surface area contributed by atoms with E-state index >= 15 is 0 Å². The zero-order chi connectivity index (χ0) is 13.0. The highest BCUT2D eigenvalue weighted by Gasteiger charge is 2.31. The van der Waals surface area contributed by atoms with Gasteiger partial charge in [0.15, 0.2) is 0 Å². The number of methoxy groups -OCH3 is 1. The highest BCUT2D eigenvalue weighted by molar-refractivity contribution is 5.75. The number of carbonyl (C=O) groups excluding carboxylic acids is 1. The molecule has 1 aromatic carbocycles. The number of ether oxygens (including phenoxy) is 1. The smallest absolute Gasteiger partial charge is 0.324 e. The molecule has 1 heterocycles. The molecule has 1 fully saturated rings. The van der Waals surface area contributed by atoms with Gasteiger partial charge in [0.05, 0.1) is 7.11 Å². The van der Waals surface area contributed by atoms with Gasteiger partial charge in [-0.2, -0.15) is 0 Å². The number of benzene rings is 1. The van der Waals surface area contributed by atoms with Gasteiger partial charge in [-0.3, -0.25) is 4.79 Å². The van der Waals surface area contributed by atoms with Crippen LogP contribution in [0.5, 0.6) is 0 Å². The predicted molar refractivity (Wildman–Crippen MR) is 65.0 cm³/mol. The van der Waals surface area contributed by atoms with Crippen molar-refractivity contribution in [2.45, 2.75) is 25.4 Å². The Balaban J connectivity index is 1.91. The molecule has 98 valence electrons. The van der Waals surface area contributed by atoms with Crippen LogP contribution in [0, 0.1) is 5.82 Å². The monoisotopic (exact) mass is 252 g/mol. The molecule has 1 aromatic rings. The molecule has 1 saturated heterocycles. The summed E-state index contributed by atoms with van der Waals surface area (Å²) in [6, 6.07) is 6.18. The molecule has 18 heavy (non-hydrogen) atoms. The average Bonchev–Trinajstić information content (AvgIpc) is 2.84. The van der Waals surface area contributed by atoms with E-state index in [1.807, 2.05) is 11.1 Å². The van der Waals surface area contributed by atoms with Crippen LogP contribution in [-0.4, -0.2) is 30.7 Å². The lowest BCUT2D eigenvalue weighted by molar-refractivity contribution is -0.147.